The van der Waals surface area contributed by atoms with Crippen molar-refractivity contribution in [1.82, 2.24) is 42.1 Å². The van der Waals surface area contributed by atoms with Crippen LogP contribution in [0.1, 0.15) is 32.6 Å². The van der Waals surface area contributed by atoms with Crippen molar-refractivity contribution >= 4 is 90.3 Å². The summed E-state index contributed by atoms with van der Waals surface area (Å²) in [5.74, 6) is -11.4. The number of carboxylic acids is 1. The van der Waals surface area contributed by atoms with Gasteiger partial charge in [0.2, 0.25) is 59.1 Å². The summed E-state index contributed by atoms with van der Waals surface area (Å²) in [6.07, 6.45) is -0.949. The highest BCUT2D eigenvalue weighted by molar-refractivity contribution is 7.80. The van der Waals surface area contributed by atoms with Gasteiger partial charge in [0.05, 0.1) is 32.0 Å². The predicted octanol–water partition coefficient (Wildman–Crippen LogP) is -8.33. The van der Waals surface area contributed by atoms with E-state index in [0.717, 1.165) is 6.92 Å². The molecule has 1 aliphatic heterocycles. The summed E-state index contributed by atoms with van der Waals surface area (Å²) in [4.78, 5) is 137. The molecule has 1 aliphatic rings. The molecular formula is C29H47N11O13S2. The first kappa shape index (κ1) is 47.8. The Morgan fingerprint density at radius 2 is 1.24 bits per heavy atom. The van der Waals surface area contributed by atoms with Gasteiger partial charge in [0.1, 0.15) is 42.8 Å². The van der Waals surface area contributed by atoms with Gasteiger partial charge in [-0.1, -0.05) is 0 Å². The van der Waals surface area contributed by atoms with Gasteiger partial charge in [-0.05, 0) is 19.8 Å². The van der Waals surface area contributed by atoms with Crippen LogP contribution in [0, 0.1) is 0 Å². The molecule has 0 aromatic carbocycles. The second-order valence-electron chi connectivity index (χ2n) is 12.0. The number of likely N-dealkylation sites (tertiary alicyclic amines) is 1. The highest BCUT2D eigenvalue weighted by atomic mass is 32.1. The van der Waals surface area contributed by atoms with Crippen LogP contribution in [0.3, 0.4) is 0 Å². The average Bonchev–Trinajstić information content (AvgIpc) is 3.62. The standard InChI is InChI=1S/C29H47N11O13S2/c1-12(35-27(51)16(9-41)39-28(52)18-3-2-4-40(18)29(53)13(30)10-54)23(47)37-15(6-20(32)43)26(50)38-14(5-19(31)42)24(48)33-7-21(44)36-17(11-55)25(49)34-8-22(45)46/h12-18,41,54-55H,2-11,30H2,1H3,(H2,31,42)(H2,32,43)(H,33,48)(H,34,49)(H,35,51)(H,36,44)(H,37,47)(H,38,50)(H,39,52)(H,45,46). The number of aliphatic hydroxyl groups excluding tert-OH is 1. The summed E-state index contributed by atoms with van der Waals surface area (Å²) >= 11 is 7.90. The third-order valence-corrected chi connectivity index (χ3v) is 8.43. The van der Waals surface area contributed by atoms with Crippen molar-refractivity contribution in [3.63, 3.8) is 0 Å². The number of aliphatic carboxylic acids is 1. The quantitative estimate of drug-likeness (QED) is 0.0426. The Balaban J connectivity index is 2.92. The molecule has 1 fully saturated rings. The van der Waals surface area contributed by atoms with E-state index in [-0.39, 0.29) is 24.5 Å². The lowest BCUT2D eigenvalue weighted by atomic mass is 10.1. The van der Waals surface area contributed by atoms with Crippen molar-refractivity contribution in [1.29, 1.82) is 0 Å². The lowest BCUT2D eigenvalue weighted by Crippen LogP contribution is -2.60. The van der Waals surface area contributed by atoms with Crippen LogP contribution in [0.4, 0.5) is 0 Å². The minimum atomic E-state index is -1.79. The molecule has 55 heavy (non-hydrogen) atoms. The molecule has 15 N–H and O–H groups in total. The number of thiol groups is 2. The van der Waals surface area contributed by atoms with Gasteiger partial charge in [-0.2, -0.15) is 25.3 Å². The summed E-state index contributed by atoms with van der Waals surface area (Å²) in [6.45, 7) is -1.08. The smallest absolute Gasteiger partial charge is 0.322 e. The number of carbonyl (C=O) groups excluding carboxylic acids is 10. The van der Waals surface area contributed by atoms with Gasteiger partial charge in [-0.3, -0.25) is 52.7 Å². The average molecular weight is 822 g/mol. The van der Waals surface area contributed by atoms with Crippen molar-refractivity contribution in [2.24, 2.45) is 17.2 Å². The molecule has 7 atom stereocenters. The monoisotopic (exact) mass is 821 g/mol. The first-order valence-corrected chi connectivity index (χ1v) is 17.8. The lowest BCUT2D eigenvalue weighted by molar-refractivity contribution is -0.140. The minimum Gasteiger partial charge on any atom is -0.480 e. The number of hydrogen-bond donors (Lipinski definition) is 14. The molecular weight excluding hydrogens is 775 g/mol. The lowest BCUT2D eigenvalue weighted by Gasteiger charge is -2.28. The highest BCUT2D eigenvalue weighted by Gasteiger charge is 2.38. The van der Waals surface area contributed by atoms with Crippen molar-refractivity contribution in [2.45, 2.75) is 74.9 Å². The molecule has 1 heterocycles. The van der Waals surface area contributed by atoms with Crippen molar-refractivity contribution in [3.8, 4) is 0 Å². The molecule has 26 heteroatoms. The largest absolute Gasteiger partial charge is 0.480 e. The normalized spacial score (nSPS) is 16.7. The van der Waals surface area contributed by atoms with E-state index in [1.165, 1.54) is 4.90 Å². The Hall–Kier alpha value is -5.21. The number of primary amides is 2. The first-order valence-electron chi connectivity index (χ1n) is 16.5. The predicted molar refractivity (Wildman–Crippen MR) is 194 cm³/mol. The maximum Gasteiger partial charge on any atom is 0.322 e. The van der Waals surface area contributed by atoms with Gasteiger partial charge in [-0.25, -0.2) is 0 Å². The van der Waals surface area contributed by atoms with Gasteiger partial charge in [-0.15, -0.1) is 0 Å². The number of carboxylic acid groups (broad SMARTS) is 1. The number of carbonyl (C=O) groups is 11. The van der Waals surface area contributed by atoms with Crippen LogP contribution in [0.25, 0.3) is 0 Å². The maximum absolute atomic E-state index is 13.2. The molecule has 0 saturated carbocycles. The topological polar surface area (TPSA) is 394 Å². The molecule has 7 unspecified atom stereocenters. The molecule has 0 spiro atoms. The van der Waals surface area contributed by atoms with Crippen molar-refractivity contribution < 1.29 is 63.0 Å². The molecule has 1 saturated heterocycles. The second kappa shape index (κ2) is 23.5. The molecule has 24 nitrogen and oxygen atoms in total. The van der Waals surface area contributed by atoms with Crippen LogP contribution in [0.2, 0.25) is 0 Å². The molecule has 0 radical (unpaired) electrons. The molecule has 0 aromatic heterocycles. The minimum absolute atomic E-state index is 0.0261. The first-order chi connectivity index (χ1) is 25.7. The van der Waals surface area contributed by atoms with E-state index < -0.39 is 140 Å². The van der Waals surface area contributed by atoms with Gasteiger partial charge in [0.15, 0.2) is 0 Å². The number of amides is 10. The van der Waals surface area contributed by atoms with Crippen LogP contribution in [-0.4, -0.2) is 160 Å². The summed E-state index contributed by atoms with van der Waals surface area (Å²) in [5.41, 5.74) is 16.2. The van der Waals surface area contributed by atoms with Crippen LogP contribution < -0.4 is 54.4 Å². The third-order valence-electron chi connectivity index (χ3n) is 7.67. The summed E-state index contributed by atoms with van der Waals surface area (Å²) in [6, 6.07) is -9.87. The van der Waals surface area contributed by atoms with E-state index in [9.17, 15) is 57.8 Å². The van der Waals surface area contributed by atoms with Crippen LogP contribution >= 0.6 is 25.3 Å². The molecule has 0 aliphatic carbocycles. The van der Waals surface area contributed by atoms with E-state index in [1.807, 2.05) is 5.32 Å². The number of nitrogens with zero attached hydrogens (tertiary/aromatic N) is 1. The zero-order chi connectivity index (χ0) is 42.0. The van der Waals surface area contributed by atoms with Gasteiger partial charge < -0.3 is 69.5 Å². The van der Waals surface area contributed by atoms with E-state index in [2.05, 4.69) is 57.2 Å². The van der Waals surface area contributed by atoms with Crippen molar-refractivity contribution in [3.05, 3.63) is 0 Å². The third kappa shape index (κ3) is 16.4. The zero-order valence-corrected chi connectivity index (χ0v) is 31.4. The van der Waals surface area contributed by atoms with Gasteiger partial charge >= 0.3 is 5.97 Å². The summed E-state index contributed by atoms with van der Waals surface area (Å²) in [7, 11) is 0. The van der Waals surface area contributed by atoms with Crippen LogP contribution in [0.5, 0.6) is 0 Å². The molecule has 308 valence electrons. The molecule has 10 amide bonds. The fourth-order valence-electron chi connectivity index (χ4n) is 4.84. The second-order valence-corrected chi connectivity index (χ2v) is 12.8. The SMILES string of the molecule is CC(NC(=O)C(CO)NC(=O)C1CCCN1C(=O)C(N)CS)C(=O)NC(CC(N)=O)C(=O)NC(CC(N)=O)C(=O)NCC(=O)NC(CS)C(=O)NCC(=O)O. The number of nitrogens with two attached hydrogens (primary N) is 3. The number of rotatable bonds is 23. The summed E-state index contributed by atoms with van der Waals surface area (Å²) in [5, 5.41) is 33.7. The Morgan fingerprint density at radius 1 is 0.709 bits per heavy atom. The van der Waals surface area contributed by atoms with Gasteiger partial charge in [0.25, 0.3) is 0 Å². The van der Waals surface area contributed by atoms with E-state index in [4.69, 9.17) is 22.3 Å². The van der Waals surface area contributed by atoms with Gasteiger partial charge in [0, 0.05) is 18.1 Å². The van der Waals surface area contributed by atoms with Crippen LogP contribution in [0.15, 0.2) is 0 Å². The molecule has 1 rings (SSSR count). The number of nitrogens with one attached hydrogen (secondary N) is 7. The van der Waals surface area contributed by atoms with E-state index in [0.29, 0.717) is 6.42 Å². The number of hydrogen-bond acceptors (Lipinski definition) is 15. The molecule has 0 bridgehead atoms. The fraction of sp³-hybridized carbons (Fsp3) is 0.621. The van der Waals surface area contributed by atoms with E-state index >= 15 is 0 Å². The number of aliphatic hydroxyl groups is 1. The maximum atomic E-state index is 13.2. The fourth-order valence-corrected chi connectivity index (χ4v) is 5.25. The van der Waals surface area contributed by atoms with E-state index in [1.54, 1.807) is 0 Å². The Kier molecular flexibility index (Phi) is 20.5. The Morgan fingerprint density at radius 3 is 1.76 bits per heavy atom. The highest BCUT2D eigenvalue weighted by Crippen LogP contribution is 2.18. The Bertz CT molecular complexity index is 1490. The van der Waals surface area contributed by atoms with Crippen molar-refractivity contribution in [2.75, 3.05) is 37.7 Å². The Labute approximate surface area is 324 Å². The zero-order valence-electron chi connectivity index (χ0n) is 29.6. The van der Waals surface area contributed by atoms with Crippen LogP contribution in [-0.2, 0) is 52.7 Å². The molecule has 0 aromatic rings. The summed E-state index contributed by atoms with van der Waals surface area (Å²) < 4.78 is 0.